The molecular formula is C11H16FNO2S. The van der Waals surface area contributed by atoms with Gasteiger partial charge in [-0.05, 0) is 30.5 Å². The average molecular weight is 245 g/mol. The zero-order valence-electron chi connectivity index (χ0n) is 9.40. The largest absolute Gasteiger partial charge is 0.398 e. The summed E-state index contributed by atoms with van der Waals surface area (Å²) in [4.78, 5) is 0.0227. The van der Waals surface area contributed by atoms with Crippen LogP contribution in [0.25, 0.3) is 0 Å². The molecule has 1 aromatic carbocycles. The Morgan fingerprint density at radius 3 is 2.50 bits per heavy atom. The lowest BCUT2D eigenvalue weighted by Gasteiger charge is -2.08. The van der Waals surface area contributed by atoms with Crippen molar-refractivity contribution < 1.29 is 12.8 Å². The van der Waals surface area contributed by atoms with Gasteiger partial charge in [0.15, 0.2) is 9.84 Å². The van der Waals surface area contributed by atoms with Crippen LogP contribution in [0.5, 0.6) is 0 Å². The van der Waals surface area contributed by atoms with Gasteiger partial charge in [-0.2, -0.15) is 0 Å². The molecule has 0 heterocycles. The lowest BCUT2D eigenvalue weighted by Crippen LogP contribution is -2.11. The molecule has 0 aliphatic heterocycles. The number of hydrogen-bond acceptors (Lipinski definition) is 3. The van der Waals surface area contributed by atoms with Crippen molar-refractivity contribution >= 4 is 15.5 Å². The van der Waals surface area contributed by atoms with Crippen LogP contribution in [0.2, 0.25) is 0 Å². The second kappa shape index (κ2) is 4.82. The minimum Gasteiger partial charge on any atom is -0.398 e. The first kappa shape index (κ1) is 13.0. The molecule has 0 aliphatic carbocycles. The topological polar surface area (TPSA) is 60.2 Å². The number of anilines is 1. The van der Waals surface area contributed by atoms with Crippen molar-refractivity contribution in [3.8, 4) is 0 Å². The minimum atomic E-state index is -3.39. The first-order chi connectivity index (χ1) is 7.33. The molecule has 0 fully saturated rings. The average Bonchev–Trinajstić information content (AvgIpc) is 2.14. The molecule has 0 atom stereocenters. The summed E-state index contributed by atoms with van der Waals surface area (Å²) in [5.41, 5.74) is 5.47. The lowest BCUT2D eigenvalue weighted by atomic mass is 10.2. The summed E-state index contributed by atoms with van der Waals surface area (Å²) in [5, 5.41) is 0. The van der Waals surface area contributed by atoms with E-state index >= 15 is 0 Å². The third-order valence-electron chi connectivity index (χ3n) is 2.27. The molecule has 3 nitrogen and oxygen atoms in total. The number of benzene rings is 1. The fraction of sp³-hybridized carbons (Fsp3) is 0.455. The monoisotopic (exact) mass is 245 g/mol. The first-order valence-electron chi connectivity index (χ1n) is 5.10. The summed E-state index contributed by atoms with van der Waals surface area (Å²) >= 11 is 0. The number of nitrogen functional groups attached to an aromatic ring is 1. The lowest BCUT2D eigenvalue weighted by molar-refractivity contribution is 0.573. The van der Waals surface area contributed by atoms with E-state index in [9.17, 15) is 12.8 Å². The van der Waals surface area contributed by atoms with Gasteiger partial charge in [-0.1, -0.05) is 13.8 Å². The van der Waals surface area contributed by atoms with E-state index in [1.165, 1.54) is 6.07 Å². The summed E-state index contributed by atoms with van der Waals surface area (Å²) in [6, 6.07) is 3.36. The molecule has 0 saturated carbocycles. The Balaban J connectivity index is 2.99. The van der Waals surface area contributed by atoms with E-state index in [4.69, 9.17) is 5.73 Å². The Morgan fingerprint density at radius 1 is 1.38 bits per heavy atom. The van der Waals surface area contributed by atoms with Gasteiger partial charge in [-0.3, -0.25) is 0 Å². The number of sulfone groups is 1. The van der Waals surface area contributed by atoms with Crippen LogP contribution in [0.4, 0.5) is 10.1 Å². The Hall–Kier alpha value is -1.10. The molecule has 0 unspecified atom stereocenters. The SMILES string of the molecule is CC(C)CCS(=O)(=O)c1ccc(F)cc1N. The quantitative estimate of drug-likeness (QED) is 0.653. The Labute approximate surface area is 95.4 Å². The zero-order valence-corrected chi connectivity index (χ0v) is 10.2. The van der Waals surface area contributed by atoms with Gasteiger partial charge in [0.1, 0.15) is 5.82 Å². The summed E-state index contributed by atoms with van der Waals surface area (Å²) in [7, 11) is -3.39. The van der Waals surface area contributed by atoms with E-state index in [1.807, 2.05) is 13.8 Å². The van der Waals surface area contributed by atoms with E-state index in [1.54, 1.807) is 0 Å². The van der Waals surface area contributed by atoms with Crippen LogP contribution in [0, 0.1) is 11.7 Å². The molecule has 1 rings (SSSR count). The van der Waals surface area contributed by atoms with E-state index in [0.717, 1.165) is 12.1 Å². The molecule has 16 heavy (non-hydrogen) atoms. The zero-order chi connectivity index (χ0) is 12.3. The molecule has 1 aromatic rings. The van der Waals surface area contributed by atoms with Crippen molar-refractivity contribution in [2.45, 2.75) is 25.2 Å². The van der Waals surface area contributed by atoms with Crippen molar-refractivity contribution in [2.24, 2.45) is 5.92 Å². The van der Waals surface area contributed by atoms with Gasteiger partial charge >= 0.3 is 0 Å². The summed E-state index contributed by atoms with van der Waals surface area (Å²) in [6.07, 6.45) is 0.569. The first-order valence-corrected chi connectivity index (χ1v) is 6.76. The summed E-state index contributed by atoms with van der Waals surface area (Å²) in [6.45, 7) is 3.90. The predicted octanol–water partition coefficient (Wildman–Crippen LogP) is 2.23. The van der Waals surface area contributed by atoms with Crippen LogP contribution in [0.3, 0.4) is 0 Å². The number of rotatable bonds is 4. The van der Waals surface area contributed by atoms with E-state index in [0.29, 0.717) is 12.3 Å². The third-order valence-corrected chi connectivity index (χ3v) is 4.09. The Bertz CT molecular complexity index is 469. The van der Waals surface area contributed by atoms with Gasteiger partial charge in [-0.25, -0.2) is 12.8 Å². The van der Waals surface area contributed by atoms with Crippen molar-refractivity contribution in [1.82, 2.24) is 0 Å². The summed E-state index contributed by atoms with van der Waals surface area (Å²) in [5.74, 6) is -0.183. The fourth-order valence-corrected chi connectivity index (χ4v) is 3.00. The normalized spacial score (nSPS) is 12.0. The molecule has 0 bridgehead atoms. The third kappa shape index (κ3) is 3.20. The van der Waals surface area contributed by atoms with Gasteiger partial charge in [0.2, 0.25) is 0 Å². The number of hydrogen-bond donors (Lipinski definition) is 1. The molecule has 2 N–H and O–H groups in total. The summed E-state index contributed by atoms with van der Waals surface area (Å²) < 4.78 is 36.5. The highest BCUT2D eigenvalue weighted by Gasteiger charge is 2.18. The maximum atomic E-state index is 12.8. The van der Waals surface area contributed by atoms with Gasteiger partial charge in [0, 0.05) is 0 Å². The van der Waals surface area contributed by atoms with E-state index in [-0.39, 0.29) is 16.3 Å². The van der Waals surface area contributed by atoms with E-state index in [2.05, 4.69) is 0 Å². The standard InChI is InChI=1S/C11H16FNO2S/c1-8(2)5-6-16(14,15)11-4-3-9(12)7-10(11)13/h3-4,7-8H,5-6,13H2,1-2H3. The molecule has 0 radical (unpaired) electrons. The number of halogens is 1. The van der Waals surface area contributed by atoms with E-state index < -0.39 is 15.7 Å². The van der Waals surface area contributed by atoms with Crippen LogP contribution in [-0.4, -0.2) is 14.2 Å². The second-order valence-electron chi connectivity index (χ2n) is 4.18. The van der Waals surface area contributed by atoms with Crippen LogP contribution in [-0.2, 0) is 9.84 Å². The van der Waals surface area contributed by atoms with Gasteiger partial charge < -0.3 is 5.73 Å². The highest BCUT2D eigenvalue weighted by molar-refractivity contribution is 7.91. The second-order valence-corrected chi connectivity index (χ2v) is 6.26. The van der Waals surface area contributed by atoms with Crippen LogP contribution >= 0.6 is 0 Å². The maximum absolute atomic E-state index is 12.8. The Morgan fingerprint density at radius 2 is 2.00 bits per heavy atom. The minimum absolute atomic E-state index is 0.0227. The fourth-order valence-electron chi connectivity index (χ4n) is 1.30. The Kier molecular flexibility index (Phi) is 3.91. The smallest absolute Gasteiger partial charge is 0.180 e. The highest BCUT2D eigenvalue weighted by Crippen LogP contribution is 2.21. The molecule has 0 amide bonds. The van der Waals surface area contributed by atoms with Crippen LogP contribution in [0.15, 0.2) is 23.1 Å². The van der Waals surface area contributed by atoms with Crippen molar-refractivity contribution in [3.63, 3.8) is 0 Å². The molecule has 0 aliphatic rings. The van der Waals surface area contributed by atoms with Crippen LogP contribution in [0.1, 0.15) is 20.3 Å². The van der Waals surface area contributed by atoms with Crippen LogP contribution < -0.4 is 5.73 Å². The highest BCUT2D eigenvalue weighted by atomic mass is 32.2. The number of nitrogens with two attached hydrogens (primary N) is 1. The van der Waals surface area contributed by atoms with Crippen molar-refractivity contribution in [3.05, 3.63) is 24.0 Å². The molecule has 0 spiro atoms. The molecule has 90 valence electrons. The van der Waals surface area contributed by atoms with Gasteiger partial charge in [-0.15, -0.1) is 0 Å². The molecular weight excluding hydrogens is 229 g/mol. The molecule has 0 aromatic heterocycles. The predicted molar refractivity (Wildman–Crippen MR) is 62.3 cm³/mol. The van der Waals surface area contributed by atoms with Crippen molar-refractivity contribution in [1.29, 1.82) is 0 Å². The molecule has 0 saturated heterocycles. The van der Waals surface area contributed by atoms with Crippen molar-refractivity contribution in [2.75, 3.05) is 11.5 Å². The maximum Gasteiger partial charge on any atom is 0.180 e. The molecule has 5 heteroatoms. The van der Waals surface area contributed by atoms with Gasteiger partial charge in [0.25, 0.3) is 0 Å². The van der Waals surface area contributed by atoms with Gasteiger partial charge in [0.05, 0.1) is 16.3 Å².